The van der Waals surface area contributed by atoms with Gasteiger partial charge in [0.15, 0.2) is 0 Å². The normalized spacial score (nSPS) is 17.6. The van der Waals surface area contributed by atoms with Crippen LogP contribution >= 0.6 is 0 Å². The van der Waals surface area contributed by atoms with E-state index >= 15 is 0 Å². The molecule has 0 radical (unpaired) electrons. The van der Waals surface area contributed by atoms with Gasteiger partial charge >= 0.3 is 12.0 Å². The zero-order chi connectivity index (χ0) is 43.3. The summed E-state index contributed by atoms with van der Waals surface area (Å²) in [5.74, 6) is -0.784. The van der Waals surface area contributed by atoms with Crippen LogP contribution in [0.15, 0.2) is 128 Å². The molecule has 0 aromatic heterocycles. The topological polar surface area (TPSA) is 144 Å². The lowest BCUT2D eigenvalue weighted by Gasteiger charge is -2.32. The summed E-state index contributed by atoms with van der Waals surface area (Å²) < 4.78 is 5.04. The Kier molecular flexibility index (Phi) is 19.9. The Hall–Kier alpha value is -5.98. The van der Waals surface area contributed by atoms with E-state index in [0.717, 1.165) is 41.8 Å². The number of carbonyl (C=O) groups excluding carboxylic acids is 4. The SMILES string of the molecule is C=C.CC.CCCN(CC(=O)Nc1ccc(C2=C(C(=O)OC)C3C=CC=CC3N2)cc1)C(=O)Cc1ccccc1.CNC(O)[C@@H]1CCCN1C(=O)N(C)c1ccccc1. The molecule has 3 aliphatic rings. The summed E-state index contributed by atoms with van der Waals surface area (Å²) in [6.45, 7) is 13.2. The highest BCUT2D eigenvalue weighted by atomic mass is 16.5. The molecule has 2 aliphatic heterocycles. The Morgan fingerprint density at radius 3 is 2.19 bits per heavy atom. The van der Waals surface area contributed by atoms with E-state index in [0.29, 0.717) is 24.4 Å². The number of anilines is 2. The lowest BCUT2D eigenvalue weighted by atomic mass is 9.90. The summed E-state index contributed by atoms with van der Waals surface area (Å²) in [6, 6.07) is 26.1. The lowest BCUT2D eigenvalue weighted by Crippen LogP contribution is -2.51. The molecular weight excluding hydrogens is 745 g/mol. The van der Waals surface area contributed by atoms with Gasteiger partial charge in [-0.25, -0.2) is 9.59 Å². The van der Waals surface area contributed by atoms with Crippen LogP contribution in [-0.2, 0) is 25.5 Å². The summed E-state index contributed by atoms with van der Waals surface area (Å²) in [6.07, 6.45) is 10.0. The fourth-order valence-electron chi connectivity index (χ4n) is 7.06. The predicted octanol–water partition coefficient (Wildman–Crippen LogP) is 6.78. The summed E-state index contributed by atoms with van der Waals surface area (Å²) in [4.78, 5) is 55.5. The van der Waals surface area contributed by atoms with E-state index in [4.69, 9.17) is 4.74 Å². The molecule has 12 heteroatoms. The van der Waals surface area contributed by atoms with Gasteiger partial charge in [-0.15, -0.1) is 13.2 Å². The van der Waals surface area contributed by atoms with Gasteiger partial charge in [0, 0.05) is 37.4 Å². The van der Waals surface area contributed by atoms with Crippen LogP contribution in [0.4, 0.5) is 16.2 Å². The van der Waals surface area contributed by atoms with Crippen molar-refractivity contribution in [3.63, 3.8) is 0 Å². The number of rotatable bonds is 12. The summed E-state index contributed by atoms with van der Waals surface area (Å²) in [5.41, 5.74) is 4.55. The van der Waals surface area contributed by atoms with E-state index in [-0.39, 0.29) is 54.8 Å². The molecule has 4 atom stereocenters. The first-order valence-corrected chi connectivity index (χ1v) is 20.3. The maximum Gasteiger partial charge on any atom is 0.336 e. The number of carbonyl (C=O) groups is 4. The Balaban J connectivity index is 0.000000340. The van der Waals surface area contributed by atoms with Gasteiger partial charge in [0.05, 0.1) is 43.4 Å². The molecule has 4 amide bonds. The number of methoxy groups -OCH3 is 1. The molecule has 2 heterocycles. The number of aliphatic hydroxyl groups is 1. The van der Waals surface area contributed by atoms with Crippen molar-refractivity contribution in [1.82, 2.24) is 20.4 Å². The smallest absolute Gasteiger partial charge is 0.336 e. The number of hydrogen-bond donors (Lipinski definition) is 4. The zero-order valence-electron chi connectivity index (χ0n) is 35.4. The molecule has 0 bridgehead atoms. The van der Waals surface area contributed by atoms with E-state index in [9.17, 15) is 24.3 Å². The first-order valence-electron chi connectivity index (χ1n) is 20.3. The van der Waals surface area contributed by atoms with Crippen LogP contribution in [0.5, 0.6) is 0 Å². The van der Waals surface area contributed by atoms with Crippen LogP contribution in [0.2, 0.25) is 0 Å². The van der Waals surface area contributed by atoms with E-state index in [1.54, 1.807) is 40.9 Å². The van der Waals surface area contributed by atoms with Crippen LogP contribution in [-0.4, -0.2) is 97.9 Å². The number of ether oxygens (including phenoxy) is 1. The third-order valence-electron chi connectivity index (χ3n) is 9.93. The van der Waals surface area contributed by atoms with Gasteiger partial charge in [0.25, 0.3) is 0 Å². The molecule has 12 nitrogen and oxygen atoms in total. The number of likely N-dealkylation sites (N-methyl/N-ethyl adjacent to an activating group) is 1. The molecule has 6 rings (SSSR count). The van der Waals surface area contributed by atoms with Gasteiger partial charge in [-0.1, -0.05) is 106 Å². The van der Waals surface area contributed by atoms with Crippen LogP contribution < -0.4 is 20.9 Å². The second-order valence-corrected chi connectivity index (χ2v) is 13.7. The maximum absolute atomic E-state index is 12.8. The van der Waals surface area contributed by atoms with Crippen molar-refractivity contribution in [3.8, 4) is 0 Å². The van der Waals surface area contributed by atoms with Gasteiger partial charge < -0.3 is 30.3 Å². The number of nitrogens with zero attached hydrogens (tertiary/aromatic N) is 3. The quantitative estimate of drug-likeness (QED) is 0.0892. The molecule has 3 aromatic carbocycles. The van der Waals surface area contributed by atoms with Crippen LogP contribution in [0, 0.1) is 5.92 Å². The van der Waals surface area contributed by atoms with Crippen LogP contribution in [0.1, 0.15) is 51.2 Å². The highest BCUT2D eigenvalue weighted by molar-refractivity contribution is 6.00. The summed E-state index contributed by atoms with van der Waals surface area (Å²) in [7, 11) is 4.85. The number of nitrogens with one attached hydrogen (secondary N) is 3. The molecule has 316 valence electrons. The second-order valence-electron chi connectivity index (χ2n) is 13.7. The van der Waals surface area contributed by atoms with Gasteiger partial charge in [-0.3, -0.25) is 19.8 Å². The Labute approximate surface area is 350 Å². The van der Waals surface area contributed by atoms with Gasteiger partial charge in [-0.05, 0) is 61.7 Å². The number of aliphatic hydroxyl groups excluding tert-OH is 1. The van der Waals surface area contributed by atoms with E-state index in [2.05, 4.69) is 29.1 Å². The van der Waals surface area contributed by atoms with Crippen molar-refractivity contribution in [2.24, 2.45) is 5.92 Å². The number of urea groups is 1. The minimum atomic E-state index is -0.671. The van der Waals surface area contributed by atoms with Crippen molar-refractivity contribution in [1.29, 1.82) is 0 Å². The monoisotopic (exact) mass is 806 g/mol. The first kappa shape index (κ1) is 47.4. The van der Waals surface area contributed by atoms with E-state index < -0.39 is 6.23 Å². The summed E-state index contributed by atoms with van der Waals surface area (Å²) in [5, 5.41) is 19.0. The molecular formula is C47H62N6O6. The fraction of sp³-hybridized carbons (Fsp3) is 0.362. The third-order valence-corrected chi connectivity index (χ3v) is 9.93. The molecule has 3 aromatic rings. The largest absolute Gasteiger partial charge is 0.466 e. The number of para-hydroxylation sites is 1. The molecule has 1 fully saturated rings. The number of hydrogen-bond acceptors (Lipinski definition) is 8. The van der Waals surface area contributed by atoms with Crippen molar-refractivity contribution >= 4 is 40.9 Å². The summed E-state index contributed by atoms with van der Waals surface area (Å²) >= 11 is 0. The van der Waals surface area contributed by atoms with Crippen LogP contribution in [0.25, 0.3) is 5.70 Å². The highest BCUT2D eigenvalue weighted by Crippen LogP contribution is 2.36. The Morgan fingerprint density at radius 2 is 1.58 bits per heavy atom. The molecule has 1 aliphatic carbocycles. The first-order chi connectivity index (χ1) is 28.6. The van der Waals surface area contributed by atoms with Gasteiger partial charge in [0.2, 0.25) is 11.8 Å². The van der Waals surface area contributed by atoms with Gasteiger partial charge in [-0.2, -0.15) is 0 Å². The Morgan fingerprint density at radius 1 is 0.949 bits per heavy atom. The number of esters is 1. The van der Waals surface area contributed by atoms with Gasteiger partial charge in [0.1, 0.15) is 6.23 Å². The molecule has 0 saturated carbocycles. The average Bonchev–Trinajstić information content (AvgIpc) is 3.94. The standard InChI is InChI=1S/C29H31N3O4.C14H21N3O2.C2H6.C2H4/c1-3-17-32(26(34)18-20-9-5-4-6-10-20)19-25(33)30-22-15-13-21(14-16-22)28-27(29(35)36-2)23-11-7-8-12-24(23)31-28;1-15-13(18)12-9-6-10-17(12)14(19)16(2)11-7-4-3-5-8-11;2*1-2/h4-16,23-24,31H,3,17-19H2,1-2H3,(H,30,33);3-5,7-8,12-13,15,18H,6,9-10H2,1-2H3;1-2H3;1-2H2/t;12-,13?;;/m.0../s1. The second kappa shape index (κ2) is 24.7. The van der Waals surface area contributed by atoms with Crippen LogP contribution in [0.3, 0.4) is 0 Å². The maximum atomic E-state index is 12.8. The highest BCUT2D eigenvalue weighted by Gasteiger charge is 2.37. The minimum Gasteiger partial charge on any atom is -0.466 e. The molecule has 0 spiro atoms. The number of likely N-dealkylation sites (tertiary alicyclic amines) is 1. The molecule has 1 saturated heterocycles. The predicted molar refractivity (Wildman–Crippen MR) is 237 cm³/mol. The number of benzene rings is 3. The minimum absolute atomic E-state index is 0.00329. The average molecular weight is 807 g/mol. The fourth-order valence-corrected chi connectivity index (χ4v) is 7.06. The van der Waals surface area contributed by atoms with E-state index in [1.807, 2.05) is 118 Å². The van der Waals surface area contributed by atoms with Crippen molar-refractivity contribution < 1.29 is 29.0 Å². The lowest BCUT2D eigenvalue weighted by molar-refractivity contribution is -0.136. The Bertz CT molecular complexity index is 1880. The number of allylic oxidation sites excluding steroid dienone is 2. The zero-order valence-corrected chi connectivity index (χ0v) is 35.4. The molecule has 4 N–H and O–H groups in total. The van der Waals surface area contributed by atoms with Crippen molar-refractivity contribution in [3.05, 3.63) is 139 Å². The number of fused-ring (bicyclic) bond motifs is 1. The number of amides is 4. The van der Waals surface area contributed by atoms with E-state index in [1.165, 1.54) is 7.11 Å². The van der Waals surface area contributed by atoms with Crippen molar-refractivity contribution in [2.45, 2.75) is 64.8 Å². The molecule has 59 heavy (non-hydrogen) atoms. The third kappa shape index (κ3) is 13.0. The molecule has 3 unspecified atom stereocenters. The van der Waals surface area contributed by atoms with Crippen molar-refractivity contribution in [2.75, 3.05) is 51.1 Å².